The largest absolute Gasteiger partial charge is 0.490 e. The van der Waals surface area contributed by atoms with Crippen molar-refractivity contribution in [3.63, 3.8) is 0 Å². The van der Waals surface area contributed by atoms with E-state index in [0.717, 1.165) is 48.1 Å². The third-order valence-corrected chi connectivity index (χ3v) is 4.35. The summed E-state index contributed by atoms with van der Waals surface area (Å²) < 4.78 is 11.3. The van der Waals surface area contributed by atoms with Crippen molar-refractivity contribution >= 4 is 5.96 Å². The highest BCUT2D eigenvalue weighted by atomic mass is 16.5. The summed E-state index contributed by atoms with van der Waals surface area (Å²) in [6.07, 6.45) is 0.837. The molecule has 0 amide bonds. The van der Waals surface area contributed by atoms with Gasteiger partial charge in [-0.25, -0.2) is 4.99 Å². The van der Waals surface area contributed by atoms with Gasteiger partial charge in [-0.05, 0) is 56.0 Å². The van der Waals surface area contributed by atoms with Gasteiger partial charge in [-0.1, -0.05) is 30.3 Å². The van der Waals surface area contributed by atoms with Crippen LogP contribution in [0.15, 0.2) is 47.5 Å². The standard InChI is InChI=1S/C23H33N3O3/c1-4-24-23(26-16-19-9-7-8-10-20(19)17-27)25-14-13-18-11-12-21(28-5-2)22(15-18)29-6-3/h7-12,15,27H,4-6,13-14,16-17H2,1-3H3,(H2,24,25,26). The minimum Gasteiger partial charge on any atom is -0.490 e. The molecule has 0 bridgehead atoms. The molecule has 0 unspecified atom stereocenters. The Morgan fingerprint density at radius 1 is 0.931 bits per heavy atom. The van der Waals surface area contributed by atoms with Crippen molar-refractivity contribution in [3.05, 3.63) is 59.2 Å². The summed E-state index contributed by atoms with van der Waals surface area (Å²) in [7, 11) is 0. The zero-order chi connectivity index (χ0) is 20.9. The first-order chi connectivity index (χ1) is 14.2. The van der Waals surface area contributed by atoms with Crippen LogP contribution in [-0.2, 0) is 19.6 Å². The molecule has 29 heavy (non-hydrogen) atoms. The fourth-order valence-corrected chi connectivity index (χ4v) is 2.95. The highest BCUT2D eigenvalue weighted by Gasteiger charge is 2.07. The minimum atomic E-state index is 0.0234. The molecule has 0 aliphatic heterocycles. The van der Waals surface area contributed by atoms with E-state index in [9.17, 15) is 5.11 Å². The summed E-state index contributed by atoms with van der Waals surface area (Å²) in [6, 6.07) is 13.9. The van der Waals surface area contributed by atoms with Crippen molar-refractivity contribution in [1.29, 1.82) is 0 Å². The number of aliphatic hydroxyl groups excluding tert-OH is 1. The van der Waals surface area contributed by atoms with Gasteiger partial charge in [-0.2, -0.15) is 0 Å². The molecule has 0 aliphatic rings. The van der Waals surface area contributed by atoms with Gasteiger partial charge in [-0.15, -0.1) is 0 Å². The van der Waals surface area contributed by atoms with E-state index >= 15 is 0 Å². The molecule has 158 valence electrons. The summed E-state index contributed by atoms with van der Waals surface area (Å²) in [4.78, 5) is 4.65. The number of rotatable bonds is 11. The molecular weight excluding hydrogens is 366 g/mol. The first-order valence-corrected chi connectivity index (χ1v) is 10.3. The maximum absolute atomic E-state index is 9.47. The van der Waals surface area contributed by atoms with Gasteiger partial charge in [0, 0.05) is 13.1 Å². The van der Waals surface area contributed by atoms with Gasteiger partial charge in [0.2, 0.25) is 0 Å². The van der Waals surface area contributed by atoms with E-state index in [0.29, 0.717) is 19.8 Å². The van der Waals surface area contributed by atoms with E-state index < -0.39 is 0 Å². The third-order valence-electron chi connectivity index (χ3n) is 4.35. The average Bonchev–Trinajstić information content (AvgIpc) is 2.74. The van der Waals surface area contributed by atoms with Crippen molar-refractivity contribution in [1.82, 2.24) is 10.6 Å². The van der Waals surface area contributed by atoms with Crippen LogP contribution in [-0.4, -0.2) is 37.4 Å². The molecule has 0 radical (unpaired) electrons. The molecule has 0 aromatic heterocycles. The first kappa shape index (κ1) is 22.6. The lowest BCUT2D eigenvalue weighted by Crippen LogP contribution is -2.38. The predicted octanol–water partition coefficient (Wildman–Crippen LogP) is 3.27. The second-order valence-corrected chi connectivity index (χ2v) is 6.45. The third kappa shape index (κ3) is 7.31. The number of nitrogens with zero attached hydrogens (tertiary/aromatic N) is 1. The number of benzene rings is 2. The smallest absolute Gasteiger partial charge is 0.191 e. The van der Waals surface area contributed by atoms with Gasteiger partial charge >= 0.3 is 0 Å². The molecule has 0 fully saturated rings. The predicted molar refractivity (Wildman–Crippen MR) is 118 cm³/mol. The number of aliphatic hydroxyl groups is 1. The Kier molecular flexibility index (Phi) is 9.86. The number of hydrogen-bond acceptors (Lipinski definition) is 4. The SMILES string of the molecule is CCNC(=NCc1ccccc1CO)NCCc1ccc(OCC)c(OCC)c1. The van der Waals surface area contributed by atoms with Crippen molar-refractivity contribution in [2.45, 2.75) is 40.3 Å². The first-order valence-electron chi connectivity index (χ1n) is 10.3. The molecule has 3 N–H and O–H groups in total. The van der Waals surface area contributed by atoms with Crippen LogP contribution >= 0.6 is 0 Å². The Bertz CT molecular complexity index is 778. The van der Waals surface area contributed by atoms with E-state index in [-0.39, 0.29) is 6.61 Å². The maximum Gasteiger partial charge on any atom is 0.191 e. The number of guanidine groups is 1. The second kappa shape index (κ2) is 12.7. The van der Waals surface area contributed by atoms with E-state index in [4.69, 9.17) is 9.47 Å². The number of hydrogen-bond donors (Lipinski definition) is 3. The fourth-order valence-electron chi connectivity index (χ4n) is 2.95. The summed E-state index contributed by atoms with van der Waals surface area (Å²) in [5.41, 5.74) is 3.11. The molecule has 2 rings (SSSR count). The van der Waals surface area contributed by atoms with Gasteiger partial charge in [0.1, 0.15) is 0 Å². The Morgan fingerprint density at radius 3 is 2.34 bits per heavy atom. The number of ether oxygens (including phenoxy) is 2. The fraction of sp³-hybridized carbons (Fsp3) is 0.435. The van der Waals surface area contributed by atoms with Gasteiger partial charge in [0.25, 0.3) is 0 Å². The Morgan fingerprint density at radius 2 is 1.66 bits per heavy atom. The Labute approximate surface area is 174 Å². The van der Waals surface area contributed by atoms with Gasteiger partial charge < -0.3 is 25.2 Å². The lowest BCUT2D eigenvalue weighted by atomic mass is 10.1. The van der Waals surface area contributed by atoms with Gasteiger partial charge in [0.05, 0.1) is 26.4 Å². The second-order valence-electron chi connectivity index (χ2n) is 6.45. The number of nitrogens with one attached hydrogen (secondary N) is 2. The van der Waals surface area contributed by atoms with Gasteiger partial charge in [0.15, 0.2) is 17.5 Å². The maximum atomic E-state index is 9.47. The molecule has 0 atom stereocenters. The molecule has 0 aliphatic carbocycles. The van der Waals surface area contributed by atoms with Crippen molar-refractivity contribution in [2.24, 2.45) is 4.99 Å². The van der Waals surface area contributed by atoms with Crippen LogP contribution in [0.2, 0.25) is 0 Å². The van der Waals surface area contributed by atoms with Crippen LogP contribution in [0, 0.1) is 0 Å². The average molecular weight is 400 g/mol. The van der Waals surface area contributed by atoms with E-state index in [2.05, 4.69) is 21.7 Å². The lowest BCUT2D eigenvalue weighted by molar-refractivity contribution is 0.280. The molecule has 0 saturated carbocycles. The van der Waals surface area contributed by atoms with Crippen LogP contribution in [0.4, 0.5) is 0 Å². The lowest BCUT2D eigenvalue weighted by Gasteiger charge is -2.14. The zero-order valence-corrected chi connectivity index (χ0v) is 17.7. The van der Waals surface area contributed by atoms with Crippen LogP contribution in [0.3, 0.4) is 0 Å². The topological polar surface area (TPSA) is 75.1 Å². The zero-order valence-electron chi connectivity index (χ0n) is 17.7. The van der Waals surface area contributed by atoms with E-state index in [1.54, 1.807) is 0 Å². The summed E-state index contributed by atoms with van der Waals surface area (Å²) in [5.74, 6) is 2.33. The molecular formula is C23H33N3O3. The van der Waals surface area contributed by atoms with Crippen molar-refractivity contribution < 1.29 is 14.6 Å². The molecule has 2 aromatic carbocycles. The highest BCUT2D eigenvalue weighted by molar-refractivity contribution is 5.79. The Hall–Kier alpha value is -2.73. The molecule has 6 heteroatoms. The van der Waals surface area contributed by atoms with Crippen molar-refractivity contribution in [2.75, 3.05) is 26.3 Å². The van der Waals surface area contributed by atoms with Crippen LogP contribution < -0.4 is 20.1 Å². The van der Waals surface area contributed by atoms with E-state index in [1.165, 1.54) is 5.56 Å². The van der Waals surface area contributed by atoms with Crippen molar-refractivity contribution in [3.8, 4) is 11.5 Å². The quantitative estimate of drug-likeness (QED) is 0.399. The van der Waals surface area contributed by atoms with E-state index in [1.807, 2.05) is 57.2 Å². The monoisotopic (exact) mass is 399 g/mol. The van der Waals surface area contributed by atoms with Crippen LogP contribution in [0.5, 0.6) is 11.5 Å². The highest BCUT2D eigenvalue weighted by Crippen LogP contribution is 2.28. The van der Waals surface area contributed by atoms with Gasteiger partial charge in [-0.3, -0.25) is 0 Å². The molecule has 0 saturated heterocycles. The minimum absolute atomic E-state index is 0.0234. The summed E-state index contributed by atoms with van der Waals surface area (Å²) in [5, 5.41) is 16.1. The van der Waals surface area contributed by atoms with Crippen LogP contribution in [0.25, 0.3) is 0 Å². The molecule has 0 heterocycles. The molecule has 6 nitrogen and oxygen atoms in total. The number of aliphatic imine (C=N–C) groups is 1. The summed E-state index contributed by atoms with van der Waals surface area (Å²) >= 11 is 0. The normalized spacial score (nSPS) is 11.2. The molecule has 2 aromatic rings. The molecule has 0 spiro atoms. The Balaban J connectivity index is 1.97. The van der Waals surface area contributed by atoms with Crippen LogP contribution in [0.1, 0.15) is 37.5 Å². The summed E-state index contributed by atoms with van der Waals surface area (Å²) in [6.45, 7) is 9.26.